The predicted molar refractivity (Wildman–Crippen MR) is 82.5 cm³/mol. The molecular weight excluding hydrogens is 320 g/mol. The maximum atomic E-state index is 11.7. The van der Waals surface area contributed by atoms with Crippen molar-refractivity contribution in [3.05, 3.63) is 33.8 Å². The molecule has 0 aliphatic heterocycles. The Hall–Kier alpha value is -1.07. The fourth-order valence-corrected chi connectivity index (χ4v) is 3.04. The number of carbonyl (C=O) groups excluding carboxylic acids is 1. The smallest absolute Gasteiger partial charge is 0.315 e. The van der Waals surface area contributed by atoms with Crippen molar-refractivity contribution in [1.29, 1.82) is 0 Å². The van der Waals surface area contributed by atoms with Gasteiger partial charge in [-0.05, 0) is 55.4 Å². The van der Waals surface area contributed by atoms with E-state index in [0.29, 0.717) is 19.0 Å². The SMILES string of the molecule is Cc1cc(Br)ccc1CNC(=O)NC[C@H]1CC[C@@H](O)C1. The summed E-state index contributed by atoms with van der Waals surface area (Å²) in [6.45, 7) is 3.19. The lowest BCUT2D eigenvalue weighted by Crippen LogP contribution is -2.37. The molecule has 4 nitrogen and oxygen atoms in total. The molecule has 0 spiro atoms. The summed E-state index contributed by atoms with van der Waals surface area (Å²) in [4.78, 5) is 11.7. The van der Waals surface area contributed by atoms with E-state index in [4.69, 9.17) is 0 Å². The summed E-state index contributed by atoms with van der Waals surface area (Å²) in [6.07, 6.45) is 2.46. The minimum absolute atomic E-state index is 0.145. The van der Waals surface area contributed by atoms with Crippen LogP contribution in [0.2, 0.25) is 0 Å². The molecule has 2 rings (SSSR count). The van der Waals surface area contributed by atoms with E-state index in [-0.39, 0.29) is 12.1 Å². The molecule has 5 heteroatoms. The first kappa shape index (κ1) is 15.3. The molecule has 0 saturated heterocycles. The van der Waals surface area contributed by atoms with E-state index in [1.165, 1.54) is 0 Å². The van der Waals surface area contributed by atoms with Crippen LogP contribution in [0, 0.1) is 12.8 Å². The summed E-state index contributed by atoms with van der Waals surface area (Å²) in [5, 5.41) is 15.2. The minimum Gasteiger partial charge on any atom is -0.393 e. The second-order valence-corrected chi connectivity index (χ2v) is 6.38. The van der Waals surface area contributed by atoms with Crippen LogP contribution >= 0.6 is 15.9 Å². The van der Waals surface area contributed by atoms with E-state index < -0.39 is 0 Å². The molecule has 0 heterocycles. The van der Waals surface area contributed by atoms with Crippen molar-refractivity contribution in [3.63, 3.8) is 0 Å². The van der Waals surface area contributed by atoms with Crippen molar-refractivity contribution in [2.75, 3.05) is 6.54 Å². The van der Waals surface area contributed by atoms with Gasteiger partial charge in [-0.15, -0.1) is 0 Å². The molecule has 2 amide bonds. The third-order valence-corrected chi connectivity index (χ3v) is 4.30. The largest absolute Gasteiger partial charge is 0.393 e. The van der Waals surface area contributed by atoms with Gasteiger partial charge >= 0.3 is 6.03 Å². The van der Waals surface area contributed by atoms with Crippen LogP contribution in [0.3, 0.4) is 0 Å². The number of aryl methyl sites for hydroxylation is 1. The van der Waals surface area contributed by atoms with Crippen LogP contribution in [0.25, 0.3) is 0 Å². The summed E-state index contributed by atoms with van der Waals surface area (Å²) in [7, 11) is 0. The number of aliphatic hydroxyl groups excluding tert-OH is 1. The van der Waals surface area contributed by atoms with Crippen LogP contribution in [-0.2, 0) is 6.54 Å². The van der Waals surface area contributed by atoms with E-state index in [2.05, 4.69) is 26.6 Å². The van der Waals surface area contributed by atoms with Crippen LogP contribution in [0.15, 0.2) is 22.7 Å². The Kier molecular flexibility index (Phi) is 5.43. The fraction of sp³-hybridized carbons (Fsp3) is 0.533. The molecule has 0 bridgehead atoms. The number of urea groups is 1. The normalized spacial score (nSPS) is 21.8. The molecule has 1 saturated carbocycles. The summed E-state index contributed by atoms with van der Waals surface area (Å²) < 4.78 is 1.04. The summed E-state index contributed by atoms with van der Waals surface area (Å²) in [6, 6.07) is 5.87. The number of aliphatic hydroxyl groups is 1. The molecule has 20 heavy (non-hydrogen) atoms. The van der Waals surface area contributed by atoms with Gasteiger partial charge < -0.3 is 15.7 Å². The molecule has 0 aromatic heterocycles. The zero-order valence-electron chi connectivity index (χ0n) is 11.7. The van der Waals surface area contributed by atoms with Crippen LogP contribution in [0.4, 0.5) is 4.79 Å². The average Bonchev–Trinajstić information content (AvgIpc) is 2.81. The zero-order chi connectivity index (χ0) is 14.5. The topological polar surface area (TPSA) is 61.4 Å². The van der Waals surface area contributed by atoms with Crippen molar-refractivity contribution in [1.82, 2.24) is 10.6 Å². The maximum absolute atomic E-state index is 11.7. The van der Waals surface area contributed by atoms with Gasteiger partial charge in [0.05, 0.1) is 6.10 Å². The standard InChI is InChI=1S/C15H21BrN2O2/c1-10-6-13(16)4-3-12(10)9-18-15(20)17-8-11-2-5-14(19)7-11/h3-4,6,11,14,19H,2,5,7-9H2,1H3,(H2,17,18,20)/t11-,14+/m0/s1. The van der Waals surface area contributed by atoms with Crippen LogP contribution in [0.5, 0.6) is 0 Å². The number of rotatable bonds is 4. The maximum Gasteiger partial charge on any atom is 0.315 e. The molecule has 1 aromatic rings. The Balaban J connectivity index is 1.72. The first-order valence-corrected chi connectivity index (χ1v) is 7.78. The monoisotopic (exact) mass is 340 g/mol. The number of carbonyl (C=O) groups is 1. The number of nitrogens with one attached hydrogen (secondary N) is 2. The number of amides is 2. The third-order valence-electron chi connectivity index (χ3n) is 3.81. The molecule has 0 unspecified atom stereocenters. The molecule has 1 aliphatic rings. The third kappa shape index (κ3) is 4.49. The number of halogens is 1. The van der Waals surface area contributed by atoms with E-state index in [0.717, 1.165) is 34.9 Å². The molecule has 110 valence electrons. The average molecular weight is 341 g/mol. The predicted octanol–water partition coefficient (Wildman–Crippen LogP) is 2.72. The van der Waals surface area contributed by atoms with Crippen molar-refractivity contribution in [3.8, 4) is 0 Å². The van der Waals surface area contributed by atoms with Gasteiger partial charge in [0, 0.05) is 17.6 Å². The number of hydrogen-bond acceptors (Lipinski definition) is 2. The Morgan fingerprint density at radius 1 is 1.40 bits per heavy atom. The highest BCUT2D eigenvalue weighted by Crippen LogP contribution is 2.24. The summed E-state index contributed by atoms with van der Waals surface area (Å²) >= 11 is 3.42. The second-order valence-electron chi connectivity index (χ2n) is 5.47. The molecule has 1 fully saturated rings. The lowest BCUT2D eigenvalue weighted by Gasteiger charge is -2.13. The van der Waals surface area contributed by atoms with Gasteiger partial charge in [-0.3, -0.25) is 0 Å². The van der Waals surface area contributed by atoms with Gasteiger partial charge in [-0.2, -0.15) is 0 Å². The highest BCUT2D eigenvalue weighted by Gasteiger charge is 2.22. The Morgan fingerprint density at radius 2 is 2.20 bits per heavy atom. The minimum atomic E-state index is -0.185. The lowest BCUT2D eigenvalue weighted by atomic mass is 10.1. The van der Waals surface area contributed by atoms with Crippen LogP contribution in [0.1, 0.15) is 30.4 Å². The van der Waals surface area contributed by atoms with Gasteiger partial charge in [0.25, 0.3) is 0 Å². The van der Waals surface area contributed by atoms with E-state index in [1.54, 1.807) is 0 Å². The first-order valence-electron chi connectivity index (χ1n) is 6.99. The molecule has 0 radical (unpaired) electrons. The van der Waals surface area contributed by atoms with Gasteiger partial charge in [0.15, 0.2) is 0 Å². The Morgan fingerprint density at radius 3 is 2.85 bits per heavy atom. The highest BCUT2D eigenvalue weighted by molar-refractivity contribution is 9.10. The zero-order valence-corrected chi connectivity index (χ0v) is 13.2. The number of hydrogen-bond donors (Lipinski definition) is 3. The van der Waals surface area contributed by atoms with Crippen LogP contribution in [-0.4, -0.2) is 23.8 Å². The van der Waals surface area contributed by atoms with Crippen LogP contribution < -0.4 is 10.6 Å². The summed E-state index contributed by atoms with van der Waals surface area (Å²) in [5.41, 5.74) is 2.26. The molecular formula is C15H21BrN2O2. The summed E-state index contributed by atoms with van der Waals surface area (Å²) in [5.74, 6) is 0.408. The quantitative estimate of drug-likeness (QED) is 0.789. The van der Waals surface area contributed by atoms with E-state index >= 15 is 0 Å². The van der Waals surface area contributed by atoms with Gasteiger partial charge in [0.1, 0.15) is 0 Å². The Bertz CT molecular complexity index is 479. The van der Waals surface area contributed by atoms with Crippen molar-refractivity contribution in [2.24, 2.45) is 5.92 Å². The number of benzene rings is 1. The molecule has 1 aliphatic carbocycles. The van der Waals surface area contributed by atoms with Gasteiger partial charge in [-0.1, -0.05) is 22.0 Å². The van der Waals surface area contributed by atoms with E-state index in [9.17, 15) is 9.90 Å². The molecule has 3 N–H and O–H groups in total. The lowest BCUT2D eigenvalue weighted by molar-refractivity contribution is 0.177. The molecule has 1 aromatic carbocycles. The van der Waals surface area contributed by atoms with Gasteiger partial charge in [-0.25, -0.2) is 4.79 Å². The Labute approximate surface area is 128 Å². The van der Waals surface area contributed by atoms with E-state index in [1.807, 2.05) is 25.1 Å². The van der Waals surface area contributed by atoms with Gasteiger partial charge in [0.2, 0.25) is 0 Å². The van der Waals surface area contributed by atoms with Crippen molar-refractivity contribution in [2.45, 2.75) is 38.8 Å². The highest BCUT2D eigenvalue weighted by atomic mass is 79.9. The van der Waals surface area contributed by atoms with Crippen molar-refractivity contribution < 1.29 is 9.90 Å². The molecule has 2 atom stereocenters. The fourth-order valence-electron chi connectivity index (χ4n) is 2.57. The van der Waals surface area contributed by atoms with Crippen molar-refractivity contribution >= 4 is 22.0 Å². The first-order chi connectivity index (χ1) is 9.54. The second kappa shape index (κ2) is 7.09.